The number of furan rings is 1. The Bertz CT molecular complexity index is 1010. The fourth-order valence-corrected chi connectivity index (χ4v) is 4.49. The van der Waals surface area contributed by atoms with Crippen LogP contribution in [0.15, 0.2) is 28.7 Å². The molecule has 29 heavy (non-hydrogen) atoms. The highest BCUT2D eigenvalue weighted by Gasteiger charge is 2.45. The second-order valence-electron chi connectivity index (χ2n) is 7.63. The first kappa shape index (κ1) is 19.2. The highest BCUT2D eigenvalue weighted by Crippen LogP contribution is 2.44. The molecule has 2 amide bonds. The van der Waals surface area contributed by atoms with Crippen molar-refractivity contribution in [1.29, 1.82) is 0 Å². The fraction of sp³-hybridized carbons (Fsp3) is 0.409. The highest BCUT2D eigenvalue weighted by atomic mass is 16.5. The van der Waals surface area contributed by atoms with Gasteiger partial charge in [-0.25, -0.2) is 4.79 Å². The van der Waals surface area contributed by atoms with Gasteiger partial charge in [0, 0.05) is 30.8 Å². The number of nitrogens with zero attached hydrogens (tertiary/aromatic N) is 2. The molecule has 4 rings (SSSR count). The zero-order chi connectivity index (χ0) is 20.9. The average molecular weight is 396 g/mol. The van der Waals surface area contributed by atoms with Gasteiger partial charge in [0.15, 0.2) is 0 Å². The van der Waals surface area contributed by atoms with Crippen molar-refractivity contribution in [2.24, 2.45) is 0 Å². The van der Waals surface area contributed by atoms with Crippen LogP contribution >= 0.6 is 0 Å². The van der Waals surface area contributed by atoms with E-state index in [4.69, 9.17) is 9.15 Å². The zero-order valence-corrected chi connectivity index (χ0v) is 17.0. The lowest BCUT2D eigenvalue weighted by atomic mass is 9.79. The van der Waals surface area contributed by atoms with Gasteiger partial charge in [0.1, 0.15) is 17.6 Å². The quantitative estimate of drug-likeness (QED) is 0.745. The maximum absolute atomic E-state index is 13.5. The van der Waals surface area contributed by atoms with Crippen LogP contribution in [0.1, 0.15) is 57.1 Å². The van der Waals surface area contributed by atoms with E-state index < -0.39 is 12.0 Å². The standard InChI is InChI=1S/C22H24N2O5/c1-5-28-22(27)18-10-14-11-23(4)20(25)15-7-6-8-17(19(14)15)24(18)21(26)16-9-12(2)29-13(16)3/h6-9,14,18H,5,10-11H2,1-4H3/t14-,18-/m0/s1. The van der Waals surface area contributed by atoms with Gasteiger partial charge in [0.05, 0.1) is 12.2 Å². The number of rotatable bonds is 3. The van der Waals surface area contributed by atoms with Crippen LogP contribution in [0.3, 0.4) is 0 Å². The van der Waals surface area contributed by atoms with Crippen molar-refractivity contribution in [3.05, 3.63) is 52.5 Å². The SMILES string of the molecule is CCOC(=O)[C@@H]1C[C@H]2CN(C)C(=O)c3cccc(c32)N1C(=O)c1cc(C)oc1C. The van der Waals surface area contributed by atoms with E-state index in [1.165, 1.54) is 4.90 Å². The van der Waals surface area contributed by atoms with E-state index >= 15 is 0 Å². The molecule has 0 fully saturated rings. The molecule has 152 valence electrons. The third-order valence-electron chi connectivity index (χ3n) is 5.69. The summed E-state index contributed by atoms with van der Waals surface area (Å²) >= 11 is 0. The number of ether oxygens (including phenoxy) is 1. The molecule has 7 heteroatoms. The van der Waals surface area contributed by atoms with Crippen LogP contribution < -0.4 is 4.90 Å². The van der Waals surface area contributed by atoms with Crippen LogP contribution in [0.4, 0.5) is 5.69 Å². The summed E-state index contributed by atoms with van der Waals surface area (Å²) in [5.41, 5.74) is 2.43. The lowest BCUT2D eigenvalue weighted by molar-refractivity contribution is -0.145. The summed E-state index contributed by atoms with van der Waals surface area (Å²) in [4.78, 5) is 42.2. The smallest absolute Gasteiger partial charge is 0.329 e. The maximum atomic E-state index is 13.5. The molecular formula is C22H24N2O5. The van der Waals surface area contributed by atoms with Gasteiger partial charge in [0.2, 0.25) is 0 Å². The third-order valence-corrected chi connectivity index (χ3v) is 5.69. The molecule has 0 spiro atoms. The van der Waals surface area contributed by atoms with Crippen molar-refractivity contribution < 1.29 is 23.5 Å². The minimum absolute atomic E-state index is 0.0328. The van der Waals surface area contributed by atoms with Crippen LogP contribution in [-0.4, -0.2) is 48.9 Å². The van der Waals surface area contributed by atoms with E-state index in [9.17, 15) is 14.4 Å². The van der Waals surface area contributed by atoms with Crippen LogP contribution in [0.5, 0.6) is 0 Å². The minimum Gasteiger partial charge on any atom is -0.466 e. The van der Waals surface area contributed by atoms with Gasteiger partial charge in [-0.2, -0.15) is 0 Å². The Labute approximate surface area is 169 Å². The molecule has 7 nitrogen and oxygen atoms in total. The first-order valence-corrected chi connectivity index (χ1v) is 9.79. The predicted octanol–water partition coefficient (Wildman–Crippen LogP) is 3.05. The first-order valence-electron chi connectivity index (χ1n) is 9.79. The molecule has 0 aliphatic carbocycles. The summed E-state index contributed by atoms with van der Waals surface area (Å²) in [5, 5.41) is 0. The average Bonchev–Trinajstić information content (AvgIpc) is 3.03. The summed E-state index contributed by atoms with van der Waals surface area (Å²) in [7, 11) is 1.76. The van der Waals surface area contributed by atoms with Gasteiger partial charge in [-0.1, -0.05) is 6.07 Å². The molecule has 0 radical (unpaired) electrons. The monoisotopic (exact) mass is 396 g/mol. The molecule has 2 aromatic rings. The number of anilines is 1. The van der Waals surface area contributed by atoms with Gasteiger partial charge >= 0.3 is 5.97 Å². The van der Waals surface area contributed by atoms with Gasteiger partial charge in [-0.3, -0.25) is 14.5 Å². The highest BCUT2D eigenvalue weighted by molar-refractivity contribution is 6.12. The zero-order valence-electron chi connectivity index (χ0n) is 17.0. The molecule has 2 aliphatic heterocycles. The van der Waals surface area contributed by atoms with E-state index in [0.29, 0.717) is 41.3 Å². The van der Waals surface area contributed by atoms with Crippen LogP contribution in [0.25, 0.3) is 0 Å². The molecule has 2 atom stereocenters. The number of benzene rings is 1. The first-order chi connectivity index (χ1) is 13.8. The third kappa shape index (κ3) is 3.01. The molecule has 0 saturated carbocycles. The second-order valence-corrected chi connectivity index (χ2v) is 7.63. The number of likely N-dealkylation sites (N-methyl/N-ethyl adjacent to an activating group) is 1. The summed E-state index contributed by atoms with van der Waals surface area (Å²) < 4.78 is 10.8. The second kappa shape index (κ2) is 7.06. The van der Waals surface area contributed by atoms with Crippen molar-refractivity contribution in [2.75, 3.05) is 25.1 Å². The van der Waals surface area contributed by atoms with Crippen molar-refractivity contribution in [1.82, 2.24) is 4.90 Å². The van der Waals surface area contributed by atoms with Gasteiger partial charge < -0.3 is 14.1 Å². The lowest BCUT2D eigenvalue weighted by Gasteiger charge is -2.43. The van der Waals surface area contributed by atoms with Gasteiger partial charge in [-0.15, -0.1) is 0 Å². The fourth-order valence-electron chi connectivity index (χ4n) is 4.49. The molecule has 0 bridgehead atoms. The molecule has 0 saturated heterocycles. The van der Waals surface area contributed by atoms with Crippen LogP contribution in [-0.2, 0) is 9.53 Å². The molecule has 3 heterocycles. The number of amides is 2. The Morgan fingerprint density at radius 3 is 2.69 bits per heavy atom. The van der Waals surface area contributed by atoms with Crippen molar-refractivity contribution in [3.8, 4) is 0 Å². The Balaban J connectivity index is 1.88. The Hall–Kier alpha value is -3.09. The van der Waals surface area contributed by atoms with E-state index in [1.54, 1.807) is 57.0 Å². The summed E-state index contributed by atoms with van der Waals surface area (Å²) in [6.45, 7) is 5.99. The largest absolute Gasteiger partial charge is 0.466 e. The normalized spacial score (nSPS) is 20.5. The Kier molecular flexibility index (Phi) is 4.68. The molecule has 1 aromatic heterocycles. The number of aryl methyl sites for hydroxylation is 2. The van der Waals surface area contributed by atoms with E-state index in [-0.39, 0.29) is 24.3 Å². The van der Waals surface area contributed by atoms with Crippen LogP contribution in [0.2, 0.25) is 0 Å². The van der Waals surface area contributed by atoms with E-state index in [0.717, 1.165) is 5.56 Å². The minimum atomic E-state index is -0.758. The lowest BCUT2D eigenvalue weighted by Crippen LogP contribution is -2.52. The molecule has 1 aromatic carbocycles. The van der Waals surface area contributed by atoms with Crippen molar-refractivity contribution >= 4 is 23.5 Å². The van der Waals surface area contributed by atoms with E-state index in [1.807, 2.05) is 0 Å². The number of hydrogen-bond acceptors (Lipinski definition) is 5. The Morgan fingerprint density at radius 1 is 1.28 bits per heavy atom. The summed E-state index contributed by atoms with van der Waals surface area (Å²) in [5.74, 6) is 0.257. The molecule has 0 unspecified atom stereocenters. The van der Waals surface area contributed by atoms with E-state index in [2.05, 4.69) is 0 Å². The Morgan fingerprint density at radius 2 is 2.03 bits per heavy atom. The summed E-state index contributed by atoms with van der Waals surface area (Å²) in [6.07, 6.45) is 0.405. The topological polar surface area (TPSA) is 80.1 Å². The van der Waals surface area contributed by atoms with Gasteiger partial charge in [0.25, 0.3) is 11.8 Å². The van der Waals surface area contributed by atoms with Gasteiger partial charge in [-0.05, 0) is 51.0 Å². The van der Waals surface area contributed by atoms with Crippen molar-refractivity contribution in [3.63, 3.8) is 0 Å². The number of carbonyl (C=O) groups excluding carboxylic acids is 3. The number of carbonyl (C=O) groups is 3. The maximum Gasteiger partial charge on any atom is 0.329 e. The van der Waals surface area contributed by atoms with Crippen LogP contribution in [0, 0.1) is 13.8 Å². The predicted molar refractivity (Wildman–Crippen MR) is 106 cm³/mol. The number of esters is 1. The summed E-state index contributed by atoms with van der Waals surface area (Å²) in [6, 6.07) is 6.26. The van der Waals surface area contributed by atoms with Crippen molar-refractivity contribution in [2.45, 2.75) is 39.2 Å². The number of hydrogen-bond donors (Lipinski definition) is 0. The molecule has 0 N–H and O–H groups in total. The molecule has 2 aliphatic rings. The molecular weight excluding hydrogens is 372 g/mol.